The molecule has 0 aliphatic carbocycles. The predicted octanol–water partition coefficient (Wildman–Crippen LogP) is 0.635. The van der Waals surface area contributed by atoms with E-state index in [2.05, 4.69) is 15.5 Å². The molecule has 0 saturated carbocycles. The second-order valence-electron chi connectivity index (χ2n) is 4.60. The second kappa shape index (κ2) is 7.92. The van der Waals surface area contributed by atoms with E-state index < -0.39 is 18.0 Å². The Morgan fingerprint density at radius 2 is 1.94 bits per heavy atom. The Bertz CT molecular complexity index is 278. The third kappa shape index (κ3) is 5.35. The average molecular weight is 257 g/mol. The second-order valence-corrected chi connectivity index (χ2v) is 4.60. The normalized spacial score (nSPS) is 18.1. The maximum Gasteiger partial charge on any atom is 0.326 e. The zero-order valence-electron chi connectivity index (χ0n) is 10.9. The Labute approximate surface area is 108 Å². The van der Waals surface area contributed by atoms with Crippen molar-refractivity contribution < 1.29 is 14.7 Å². The van der Waals surface area contributed by atoms with Gasteiger partial charge in [0.2, 0.25) is 0 Å². The minimum absolute atomic E-state index is 0.384. The molecule has 1 atom stereocenters. The highest BCUT2D eigenvalue weighted by atomic mass is 16.4. The molecule has 1 aliphatic rings. The Balaban J connectivity index is 2.14. The Hall–Kier alpha value is -1.30. The summed E-state index contributed by atoms with van der Waals surface area (Å²) in [7, 11) is 0. The van der Waals surface area contributed by atoms with E-state index >= 15 is 0 Å². The average Bonchev–Trinajstić information content (AvgIpc) is 2.37. The maximum absolute atomic E-state index is 11.5. The van der Waals surface area contributed by atoms with E-state index in [1.165, 1.54) is 19.3 Å². The standard InChI is InChI=1S/C12H23N3O3/c1-2-10(11(16)17)14-12(18)13-6-9-15-7-4-3-5-8-15/h10H,2-9H2,1H3,(H,16,17)(H2,13,14,18)/t10-/m0/s1. The lowest BCUT2D eigenvalue weighted by Gasteiger charge is -2.26. The molecule has 1 fully saturated rings. The van der Waals surface area contributed by atoms with Crippen LogP contribution in [-0.2, 0) is 4.79 Å². The van der Waals surface area contributed by atoms with Crippen LogP contribution in [0.15, 0.2) is 0 Å². The summed E-state index contributed by atoms with van der Waals surface area (Å²) in [4.78, 5) is 24.5. The number of aliphatic carboxylic acids is 1. The summed E-state index contributed by atoms with van der Waals surface area (Å²) >= 11 is 0. The van der Waals surface area contributed by atoms with Gasteiger partial charge in [-0.3, -0.25) is 0 Å². The molecule has 18 heavy (non-hydrogen) atoms. The van der Waals surface area contributed by atoms with Crippen LogP contribution in [0.25, 0.3) is 0 Å². The largest absolute Gasteiger partial charge is 0.480 e. The van der Waals surface area contributed by atoms with E-state index in [-0.39, 0.29) is 0 Å². The number of rotatable bonds is 6. The van der Waals surface area contributed by atoms with E-state index in [1.807, 2.05) is 0 Å². The van der Waals surface area contributed by atoms with E-state index in [0.29, 0.717) is 13.0 Å². The number of carboxylic acids is 1. The summed E-state index contributed by atoms with van der Waals surface area (Å²) in [6.07, 6.45) is 4.13. The van der Waals surface area contributed by atoms with Gasteiger partial charge >= 0.3 is 12.0 Å². The van der Waals surface area contributed by atoms with Crippen LogP contribution in [0.5, 0.6) is 0 Å². The van der Waals surface area contributed by atoms with Crippen molar-refractivity contribution in [3.05, 3.63) is 0 Å². The third-order valence-electron chi connectivity index (χ3n) is 3.17. The zero-order chi connectivity index (χ0) is 13.4. The predicted molar refractivity (Wildman–Crippen MR) is 68.5 cm³/mol. The first kappa shape index (κ1) is 14.8. The first-order valence-electron chi connectivity index (χ1n) is 6.63. The van der Waals surface area contributed by atoms with Gasteiger partial charge in [-0.25, -0.2) is 9.59 Å². The van der Waals surface area contributed by atoms with Gasteiger partial charge in [0.05, 0.1) is 0 Å². The molecule has 0 bridgehead atoms. The number of piperidine rings is 1. The summed E-state index contributed by atoms with van der Waals surface area (Å²) in [6, 6.07) is -1.21. The van der Waals surface area contributed by atoms with Crippen LogP contribution in [-0.4, -0.2) is 54.2 Å². The smallest absolute Gasteiger partial charge is 0.326 e. The maximum atomic E-state index is 11.5. The summed E-state index contributed by atoms with van der Waals surface area (Å²) < 4.78 is 0. The SMILES string of the molecule is CC[C@H](NC(=O)NCCN1CCCCC1)C(=O)O. The Morgan fingerprint density at radius 3 is 2.50 bits per heavy atom. The van der Waals surface area contributed by atoms with Gasteiger partial charge in [-0.2, -0.15) is 0 Å². The molecule has 104 valence electrons. The molecule has 0 aromatic rings. The molecular weight excluding hydrogens is 234 g/mol. The van der Waals surface area contributed by atoms with Gasteiger partial charge < -0.3 is 20.6 Å². The molecule has 1 heterocycles. The number of carbonyl (C=O) groups excluding carboxylic acids is 1. The number of amides is 2. The number of carboxylic acid groups (broad SMARTS) is 1. The van der Waals surface area contributed by atoms with Gasteiger partial charge in [0.25, 0.3) is 0 Å². The number of nitrogens with zero attached hydrogens (tertiary/aromatic N) is 1. The van der Waals surface area contributed by atoms with Gasteiger partial charge in [-0.05, 0) is 32.4 Å². The molecule has 6 nitrogen and oxygen atoms in total. The summed E-state index contributed by atoms with van der Waals surface area (Å²) in [5.74, 6) is -0.997. The van der Waals surface area contributed by atoms with Gasteiger partial charge in [-0.1, -0.05) is 13.3 Å². The lowest BCUT2D eigenvalue weighted by Crippen LogP contribution is -2.47. The van der Waals surface area contributed by atoms with Crippen molar-refractivity contribution in [2.24, 2.45) is 0 Å². The zero-order valence-corrected chi connectivity index (χ0v) is 10.9. The first-order valence-corrected chi connectivity index (χ1v) is 6.63. The lowest BCUT2D eigenvalue weighted by atomic mass is 10.1. The van der Waals surface area contributed by atoms with E-state index in [1.54, 1.807) is 6.92 Å². The molecule has 1 saturated heterocycles. The molecule has 0 aromatic heterocycles. The van der Waals surface area contributed by atoms with Crippen molar-refractivity contribution in [2.45, 2.75) is 38.6 Å². The highest BCUT2D eigenvalue weighted by molar-refractivity contribution is 5.82. The minimum Gasteiger partial charge on any atom is -0.480 e. The van der Waals surface area contributed by atoms with Crippen LogP contribution >= 0.6 is 0 Å². The molecule has 3 N–H and O–H groups in total. The van der Waals surface area contributed by atoms with Crippen molar-refractivity contribution in [1.29, 1.82) is 0 Å². The van der Waals surface area contributed by atoms with Gasteiger partial charge in [0, 0.05) is 13.1 Å². The molecular formula is C12H23N3O3. The van der Waals surface area contributed by atoms with Crippen LogP contribution in [0.1, 0.15) is 32.6 Å². The number of likely N-dealkylation sites (tertiary alicyclic amines) is 1. The molecule has 0 unspecified atom stereocenters. The van der Waals surface area contributed by atoms with Crippen molar-refractivity contribution in [3.8, 4) is 0 Å². The van der Waals surface area contributed by atoms with E-state index in [0.717, 1.165) is 19.6 Å². The molecule has 0 aromatic carbocycles. The third-order valence-corrected chi connectivity index (χ3v) is 3.17. The molecule has 0 spiro atoms. The Kier molecular flexibility index (Phi) is 6.49. The first-order chi connectivity index (χ1) is 8.63. The van der Waals surface area contributed by atoms with Crippen LogP contribution in [0.3, 0.4) is 0 Å². The number of carbonyl (C=O) groups is 2. The van der Waals surface area contributed by atoms with Crippen molar-refractivity contribution in [2.75, 3.05) is 26.2 Å². The summed E-state index contributed by atoms with van der Waals surface area (Å²) in [5, 5.41) is 13.9. The summed E-state index contributed by atoms with van der Waals surface area (Å²) in [5.41, 5.74) is 0. The minimum atomic E-state index is -0.997. The quantitative estimate of drug-likeness (QED) is 0.652. The van der Waals surface area contributed by atoms with E-state index in [9.17, 15) is 9.59 Å². The fraction of sp³-hybridized carbons (Fsp3) is 0.833. The lowest BCUT2D eigenvalue weighted by molar-refractivity contribution is -0.139. The number of nitrogens with one attached hydrogen (secondary N) is 2. The molecule has 1 aliphatic heterocycles. The van der Waals surface area contributed by atoms with Gasteiger partial charge in [0.15, 0.2) is 0 Å². The monoisotopic (exact) mass is 257 g/mol. The molecule has 1 rings (SSSR count). The highest BCUT2D eigenvalue weighted by Crippen LogP contribution is 2.07. The summed E-state index contributed by atoms with van der Waals surface area (Å²) in [6.45, 7) is 5.30. The number of urea groups is 1. The molecule has 2 amide bonds. The van der Waals surface area contributed by atoms with Crippen molar-refractivity contribution in [3.63, 3.8) is 0 Å². The van der Waals surface area contributed by atoms with Crippen LogP contribution < -0.4 is 10.6 Å². The Morgan fingerprint density at radius 1 is 1.28 bits per heavy atom. The number of hydrogen-bond acceptors (Lipinski definition) is 3. The van der Waals surface area contributed by atoms with Crippen LogP contribution in [0, 0.1) is 0 Å². The fourth-order valence-electron chi connectivity index (χ4n) is 2.06. The molecule has 6 heteroatoms. The van der Waals surface area contributed by atoms with Gasteiger partial charge in [-0.15, -0.1) is 0 Å². The van der Waals surface area contributed by atoms with Gasteiger partial charge in [0.1, 0.15) is 6.04 Å². The van der Waals surface area contributed by atoms with Crippen LogP contribution in [0.4, 0.5) is 4.79 Å². The van der Waals surface area contributed by atoms with Crippen LogP contribution in [0.2, 0.25) is 0 Å². The highest BCUT2D eigenvalue weighted by Gasteiger charge is 2.17. The fourth-order valence-corrected chi connectivity index (χ4v) is 2.06. The van der Waals surface area contributed by atoms with Crippen molar-refractivity contribution >= 4 is 12.0 Å². The van der Waals surface area contributed by atoms with Crippen molar-refractivity contribution in [1.82, 2.24) is 15.5 Å². The molecule has 0 radical (unpaired) electrons. The number of hydrogen-bond donors (Lipinski definition) is 3. The topological polar surface area (TPSA) is 81.7 Å². The van der Waals surface area contributed by atoms with E-state index in [4.69, 9.17) is 5.11 Å².